The number of aliphatic hydroxyl groups is 1. The molecule has 0 aliphatic carbocycles. The number of anilines is 1. The highest BCUT2D eigenvalue weighted by molar-refractivity contribution is 5.85. The Morgan fingerprint density at radius 2 is 2.04 bits per heavy atom. The van der Waals surface area contributed by atoms with Crippen molar-refractivity contribution in [3.05, 3.63) is 52.5 Å². The predicted molar refractivity (Wildman–Crippen MR) is 98.6 cm³/mol. The van der Waals surface area contributed by atoms with Gasteiger partial charge in [-0.1, -0.05) is 0 Å². The molecule has 3 rings (SSSR count). The molecule has 1 atom stereocenters. The topological polar surface area (TPSA) is 89.3 Å². The van der Waals surface area contributed by atoms with Gasteiger partial charge in [-0.05, 0) is 25.1 Å². The fraction of sp³-hybridized carbons (Fsp3) is 0.235. The number of hydrogen-bond acceptors (Lipinski definition) is 6. The molecule has 2 N–H and O–H groups in total. The molecule has 10 heteroatoms. The minimum Gasteiger partial charge on any atom is -0.448 e. The summed E-state index contributed by atoms with van der Waals surface area (Å²) in [6, 6.07) is 3.94. The van der Waals surface area contributed by atoms with Crippen molar-refractivity contribution in [1.29, 1.82) is 0 Å². The zero-order valence-electron chi connectivity index (χ0n) is 14.4. The monoisotopic (exact) mass is 398 g/mol. The number of benzene rings is 1. The Balaban J connectivity index is 0.00000261. The van der Waals surface area contributed by atoms with Crippen molar-refractivity contribution in [3.8, 4) is 11.5 Å². The number of ether oxygens (including phenoxy) is 1. The van der Waals surface area contributed by atoms with Crippen molar-refractivity contribution < 1.29 is 18.6 Å². The van der Waals surface area contributed by atoms with Crippen molar-refractivity contribution in [3.63, 3.8) is 0 Å². The molecule has 2 aromatic heterocycles. The largest absolute Gasteiger partial charge is 0.448 e. The van der Waals surface area contributed by atoms with Gasteiger partial charge >= 0.3 is 0 Å². The summed E-state index contributed by atoms with van der Waals surface area (Å²) in [4.78, 5) is 20.8. The van der Waals surface area contributed by atoms with Crippen molar-refractivity contribution in [2.24, 2.45) is 7.05 Å². The molecule has 0 spiro atoms. The van der Waals surface area contributed by atoms with E-state index in [0.717, 1.165) is 12.1 Å². The fourth-order valence-electron chi connectivity index (χ4n) is 2.30. The Hall–Kier alpha value is -2.78. The lowest BCUT2D eigenvalue weighted by molar-refractivity contribution is 0.281. The number of nitrogens with one attached hydrogen (secondary N) is 1. The lowest BCUT2D eigenvalue weighted by Crippen LogP contribution is -2.23. The van der Waals surface area contributed by atoms with E-state index >= 15 is 0 Å². The third kappa shape index (κ3) is 4.32. The second kappa shape index (κ2) is 8.28. The highest BCUT2D eigenvalue weighted by Gasteiger charge is 2.14. The quantitative estimate of drug-likeness (QED) is 0.686. The van der Waals surface area contributed by atoms with Crippen LogP contribution in [0.1, 0.15) is 6.92 Å². The van der Waals surface area contributed by atoms with Crippen molar-refractivity contribution >= 4 is 29.4 Å². The summed E-state index contributed by atoms with van der Waals surface area (Å²) < 4.78 is 33.3. The minimum atomic E-state index is -0.916. The van der Waals surface area contributed by atoms with Crippen LogP contribution in [0.4, 0.5) is 14.7 Å². The summed E-state index contributed by atoms with van der Waals surface area (Å²) in [6.07, 6.45) is 1.47. The second-order valence-electron chi connectivity index (χ2n) is 5.75. The van der Waals surface area contributed by atoms with Crippen LogP contribution in [-0.2, 0) is 7.05 Å². The molecule has 3 aromatic rings. The minimum absolute atomic E-state index is 0. The molecule has 0 aliphatic rings. The van der Waals surface area contributed by atoms with Gasteiger partial charge in [-0.25, -0.2) is 13.8 Å². The Morgan fingerprint density at radius 3 is 2.70 bits per heavy atom. The molecule has 27 heavy (non-hydrogen) atoms. The maximum absolute atomic E-state index is 13.8. The van der Waals surface area contributed by atoms with Crippen LogP contribution in [0.15, 0.2) is 35.3 Å². The van der Waals surface area contributed by atoms with Crippen LogP contribution in [0.25, 0.3) is 11.0 Å². The predicted octanol–water partition coefficient (Wildman–Crippen LogP) is 2.61. The molecule has 0 amide bonds. The van der Waals surface area contributed by atoms with E-state index in [2.05, 4.69) is 15.3 Å². The first-order valence-electron chi connectivity index (χ1n) is 7.76. The lowest BCUT2D eigenvalue weighted by Gasteiger charge is -2.13. The molecule has 0 saturated heterocycles. The Kier molecular flexibility index (Phi) is 6.29. The van der Waals surface area contributed by atoms with Gasteiger partial charge in [-0.3, -0.25) is 9.36 Å². The number of pyridine rings is 1. The van der Waals surface area contributed by atoms with Gasteiger partial charge in [0.2, 0.25) is 5.95 Å². The number of hydrogen-bond donors (Lipinski definition) is 2. The van der Waals surface area contributed by atoms with Crippen LogP contribution in [0, 0.1) is 11.6 Å². The first kappa shape index (κ1) is 20.5. The van der Waals surface area contributed by atoms with E-state index in [9.17, 15) is 13.6 Å². The van der Waals surface area contributed by atoms with E-state index in [1.54, 1.807) is 6.92 Å². The number of fused-ring (bicyclic) bond motifs is 1. The Morgan fingerprint density at radius 1 is 1.30 bits per heavy atom. The third-order valence-electron chi connectivity index (χ3n) is 3.68. The zero-order chi connectivity index (χ0) is 18.8. The van der Waals surface area contributed by atoms with Gasteiger partial charge < -0.3 is 15.2 Å². The molecular weight excluding hydrogens is 382 g/mol. The van der Waals surface area contributed by atoms with Gasteiger partial charge in [0.15, 0.2) is 17.3 Å². The van der Waals surface area contributed by atoms with Crippen LogP contribution in [0.2, 0.25) is 0 Å². The molecule has 1 aromatic carbocycles. The smallest absolute Gasteiger partial charge is 0.294 e. The van der Waals surface area contributed by atoms with E-state index < -0.39 is 17.2 Å². The van der Waals surface area contributed by atoms with Crippen LogP contribution in [0.5, 0.6) is 11.5 Å². The highest BCUT2D eigenvalue weighted by Crippen LogP contribution is 2.24. The number of aromatic nitrogens is 3. The number of aryl methyl sites for hydroxylation is 1. The fourth-order valence-corrected chi connectivity index (χ4v) is 2.30. The summed E-state index contributed by atoms with van der Waals surface area (Å²) in [5, 5.41) is 12.5. The number of halogens is 3. The number of aliphatic hydroxyl groups excluding tert-OH is 1. The summed E-state index contributed by atoms with van der Waals surface area (Å²) in [6.45, 7) is 1.65. The van der Waals surface area contributed by atoms with Gasteiger partial charge in [0, 0.05) is 30.7 Å². The number of rotatable bonds is 5. The normalized spacial score (nSPS) is 11.7. The van der Waals surface area contributed by atoms with Crippen LogP contribution in [-0.4, -0.2) is 32.3 Å². The Labute approximate surface area is 159 Å². The van der Waals surface area contributed by atoms with Gasteiger partial charge in [0.25, 0.3) is 5.56 Å². The highest BCUT2D eigenvalue weighted by atomic mass is 35.5. The van der Waals surface area contributed by atoms with E-state index in [1.807, 2.05) is 0 Å². The lowest BCUT2D eigenvalue weighted by atomic mass is 10.3. The first-order valence-corrected chi connectivity index (χ1v) is 7.76. The average Bonchev–Trinajstić information content (AvgIpc) is 2.62. The standard InChI is InChI=1S/C17H16F2N4O3.ClH/c1-9(8-24)21-17-20-7-10-5-14(16(25)23(2)15(10)22-17)26-13-4-3-11(18)6-12(13)19;/h3-7,9,24H,8H2,1-2H3,(H,20,21,22);1H/t9-;/m0./s1. The molecule has 7 nitrogen and oxygen atoms in total. The van der Waals surface area contributed by atoms with Gasteiger partial charge in [-0.15, -0.1) is 12.4 Å². The Bertz CT molecular complexity index is 1030. The molecule has 0 fully saturated rings. The summed E-state index contributed by atoms with van der Waals surface area (Å²) in [7, 11) is 1.49. The average molecular weight is 399 g/mol. The van der Waals surface area contributed by atoms with E-state index in [-0.39, 0.29) is 42.5 Å². The van der Waals surface area contributed by atoms with Gasteiger partial charge in [0.05, 0.1) is 6.61 Å². The molecule has 0 bridgehead atoms. The van der Waals surface area contributed by atoms with E-state index in [1.165, 1.54) is 23.9 Å². The maximum Gasteiger partial charge on any atom is 0.294 e. The van der Waals surface area contributed by atoms with Crippen molar-refractivity contribution in [2.45, 2.75) is 13.0 Å². The van der Waals surface area contributed by atoms with E-state index in [0.29, 0.717) is 17.1 Å². The van der Waals surface area contributed by atoms with Crippen LogP contribution >= 0.6 is 12.4 Å². The first-order chi connectivity index (χ1) is 12.4. The maximum atomic E-state index is 13.8. The summed E-state index contributed by atoms with van der Waals surface area (Å²) >= 11 is 0. The molecule has 0 aliphatic heterocycles. The number of nitrogens with zero attached hydrogens (tertiary/aromatic N) is 3. The zero-order valence-corrected chi connectivity index (χ0v) is 15.3. The van der Waals surface area contributed by atoms with Crippen LogP contribution < -0.4 is 15.6 Å². The summed E-state index contributed by atoms with van der Waals surface area (Å²) in [5.74, 6) is -1.81. The van der Waals surface area contributed by atoms with Gasteiger partial charge in [0.1, 0.15) is 11.5 Å². The molecule has 0 radical (unpaired) electrons. The second-order valence-corrected chi connectivity index (χ2v) is 5.75. The molecule has 144 valence electrons. The van der Waals surface area contributed by atoms with Crippen molar-refractivity contribution in [1.82, 2.24) is 14.5 Å². The molecular formula is C17H17ClF2N4O3. The third-order valence-corrected chi connectivity index (χ3v) is 3.68. The van der Waals surface area contributed by atoms with Crippen molar-refractivity contribution in [2.75, 3.05) is 11.9 Å². The van der Waals surface area contributed by atoms with Crippen LogP contribution in [0.3, 0.4) is 0 Å². The molecule has 0 unspecified atom stereocenters. The molecule has 2 heterocycles. The molecule has 0 saturated carbocycles. The SMILES string of the molecule is C[C@@H](CO)Nc1ncc2cc(Oc3ccc(F)cc3F)c(=O)n(C)c2n1.Cl. The summed E-state index contributed by atoms with van der Waals surface area (Å²) in [5.41, 5.74) is -0.203. The van der Waals surface area contributed by atoms with E-state index in [4.69, 9.17) is 9.84 Å². The van der Waals surface area contributed by atoms with Gasteiger partial charge in [-0.2, -0.15) is 4.98 Å².